The number of sulfonamides is 1. The number of rotatable bonds is 7. The predicted octanol–water partition coefficient (Wildman–Crippen LogP) is 2.52. The number of benzene rings is 2. The highest BCUT2D eigenvalue weighted by atomic mass is 32.2. The summed E-state index contributed by atoms with van der Waals surface area (Å²) >= 11 is 0. The summed E-state index contributed by atoms with van der Waals surface area (Å²) in [6, 6.07) is 16.2. The molecule has 0 unspecified atom stereocenters. The third-order valence-corrected chi connectivity index (χ3v) is 4.19. The van der Waals surface area contributed by atoms with E-state index in [0.717, 1.165) is 17.5 Å². The average molecular weight is 361 g/mol. The van der Waals surface area contributed by atoms with Gasteiger partial charge in [-0.1, -0.05) is 30.3 Å². The quantitative estimate of drug-likeness (QED) is 0.794. The lowest BCUT2D eigenvalue weighted by molar-refractivity contribution is -0.130. The zero-order valence-corrected chi connectivity index (χ0v) is 15.4. The summed E-state index contributed by atoms with van der Waals surface area (Å²) < 4.78 is 24.8. The van der Waals surface area contributed by atoms with E-state index in [1.807, 2.05) is 30.3 Å². The molecule has 0 heterocycles. The van der Waals surface area contributed by atoms with Gasteiger partial charge in [0, 0.05) is 25.0 Å². The minimum absolute atomic E-state index is 0.0257. The molecule has 0 saturated carbocycles. The van der Waals surface area contributed by atoms with Crippen molar-refractivity contribution in [2.75, 3.05) is 23.3 Å². The van der Waals surface area contributed by atoms with E-state index in [-0.39, 0.29) is 5.91 Å². The molecule has 0 bridgehead atoms. The Morgan fingerprint density at radius 1 is 1.04 bits per heavy atom. The highest BCUT2D eigenvalue weighted by Crippen LogP contribution is 2.16. The molecule has 0 aliphatic heterocycles. The van der Waals surface area contributed by atoms with Gasteiger partial charge in [-0.25, -0.2) is 8.42 Å². The van der Waals surface area contributed by atoms with Crippen LogP contribution in [0.4, 0.5) is 11.4 Å². The topological polar surface area (TPSA) is 78.5 Å². The molecule has 0 aliphatic carbocycles. The molecular formula is C18H23N3O3S. The molecule has 1 atom stereocenters. The van der Waals surface area contributed by atoms with Crippen molar-refractivity contribution in [3.63, 3.8) is 0 Å². The van der Waals surface area contributed by atoms with Crippen LogP contribution in [-0.2, 0) is 21.4 Å². The second-order valence-corrected chi connectivity index (χ2v) is 7.75. The van der Waals surface area contributed by atoms with Crippen LogP contribution in [0.3, 0.4) is 0 Å². The summed E-state index contributed by atoms with van der Waals surface area (Å²) in [6.07, 6.45) is 1.10. The normalized spacial score (nSPS) is 12.3. The molecule has 0 aliphatic rings. The van der Waals surface area contributed by atoms with Crippen molar-refractivity contribution in [1.82, 2.24) is 4.90 Å². The minimum Gasteiger partial charge on any atom is -0.374 e. The van der Waals surface area contributed by atoms with Gasteiger partial charge in [0.2, 0.25) is 15.9 Å². The van der Waals surface area contributed by atoms with Crippen LogP contribution in [0, 0.1) is 0 Å². The zero-order chi connectivity index (χ0) is 18.4. The van der Waals surface area contributed by atoms with Crippen LogP contribution in [0.1, 0.15) is 12.5 Å². The lowest BCUT2D eigenvalue weighted by atomic mass is 10.2. The molecule has 0 radical (unpaired) electrons. The monoisotopic (exact) mass is 361 g/mol. The average Bonchev–Trinajstić information content (AvgIpc) is 2.55. The van der Waals surface area contributed by atoms with Crippen molar-refractivity contribution in [3.05, 3.63) is 60.2 Å². The summed E-state index contributed by atoms with van der Waals surface area (Å²) in [6.45, 7) is 2.34. The van der Waals surface area contributed by atoms with E-state index in [0.29, 0.717) is 12.2 Å². The minimum atomic E-state index is -3.30. The van der Waals surface area contributed by atoms with Gasteiger partial charge in [0.25, 0.3) is 0 Å². The first-order valence-corrected chi connectivity index (χ1v) is 9.77. The predicted molar refractivity (Wildman–Crippen MR) is 101 cm³/mol. The van der Waals surface area contributed by atoms with Gasteiger partial charge in [0.05, 0.1) is 6.26 Å². The van der Waals surface area contributed by atoms with E-state index in [4.69, 9.17) is 0 Å². The van der Waals surface area contributed by atoms with Crippen molar-refractivity contribution < 1.29 is 13.2 Å². The first kappa shape index (κ1) is 18.8. The number of carbonyl (C=O) groups excluding carboxylic acids is 1. The first-order chi connectivity index (χ1) is 11.7. The zero-order valence-electron chi connectivity index (χ0n) is 14.6. The number of hydrogen-bond donors (Lipinski definition) is 2. The van der Waals surface area contributed by atoms with Crippen molar-refractivity contribution in [2.24, 2.45) is 0 Å². The molecule has 0 saturated heterocycles. The van der Waals surface area contributed by atoms with Gasteiger partial charge in [-0.05, 0) is 36.8 Å². The van der Waals surface area contributed by atoms with Gasteiger partial charge in [-0.15, -0.1) is 0 Å². The second-order valence-electron chi connectivity index (χ2n) is 6.00. The van der Waals surface area contributed by atoms with Gasteiger partial charge in [-0.3, -0.25) is 9.52 Å². The standard InChI is InChI=1S/C18H23N3O3S/c1-14(18(22)21(2)13-15-7-5-4-6-8-15)19-16-9-11-17(12-10-16)20-25(3,23)24/h4-12,14,19-20H,13H2,1-3H3/t14-/m0/s1. The van der Waals surface area contributed by atoms with E-state index in [1.54, 1.807) is 43.1 Å². The molecule has 134 valence electrons. The highest BCUT2D eigenvalue weighted by Gasteiger charge is 2.17. The van der Waals surface area contributed by atoms with Crippen LogP contribution in [0.2, 0.25) is 0 Å². The molecule has 7 heteroatoms. The summed E-state index contributed by atoms with van der Waals surface area (Å²) in [7, 11) is -1.53. The van der Waals surface area contributed by atoms with E-state index >= 15 is 0 Å². The Bertz CT molecular complexity index is 805. The number of amides is 1. The fourth-order valence-electron chi connectivity index (χ4n) is 2.43. The van der Waals surface area contributed by atoms with E-state index in [1.165, 1.54) is 0 Å². The molecular weight excluding hydrogens is 338 g/mol. The fraction of sp³-hybridized carbons (Fsp3) is 0.278. The SMILES string of the molecule is C[C@H](Nc1ccc(NS(C)(=O)=O)cc1)C(=O)N(C)Cc1ccccc1. The van der Waals surface area contributed by atoms with E-state index in [2.05, 4.69) is 10.0 Å². The summed E-state index contributed by atoms with van der Waals surface area (Å²) in [4.78, 5) is 14.2. The maximum Gasteiger partial charge on any atom is 0.244 e. The Kier molecular flexibility index (Phi) is 6.03. The number of nitrogens with one attached hydrogen (secondary N) is 2. The third kappa shape index (κ3) is 6.11. The van der Waals surface area contributed by atoms with Crippen molar-refractivity contribution in [1.29, 1.82) is 0 Å². The van der Waals surface area contributed by atoms with E-state index in [9.17, 15) is 13.2 Å². The van der Waals surface area contributed by atoms with Crippen LogP contribution in [-0.4, -0.2) is 38.6 Å². The lowest BCUT2D eigenvalue weighted by Crippen LogP contribution is -2.38. The molecule has 0 fully saturated rings. The first-order valence-electron chi connectivity index (χ1n) is 7.88. The number of anilines is 2. The Balaban J connectivity index is 1.94. The maximum atomic E-state index is 12.5. The fourth-order valence-corrected chi connectivity index (χ4v) is 2.99. The second kappa shape index (κ2) is 8.02. The van der Waals surface area contributed by atoms with Crippen LogP contribution >= 0.6 is 0 Å². The van der Waals surface area contributed by atoms with Crippen LogP contribution in [0.25, 0.3) is 0 Å². The van der Waals surface area contributed by atoms with Gasteiger partial charge in [-0.2, -0.15) is 0 Å². The number of likely N-dealkylation sites (N-methyl/N-ethyl adjacent to an activating group) is 1. The molecule has 2 rings (SSSR count). The molecule has 2 aromatic carbocycles. The largest absolute Gasteiger partial charge is 0.374 e. The van der Waals surface area contributed by atoms with Gasteiger partial charge >= 0.3 is 0 Å². The Hall–Kier alpha value is -2.54. The molecule has 0 aromatic heterocycles. The third-order valence-electron chi connectivity index (χ3n) is 3.58. The van der Waals surface area contributed by atoms with Crippen LogP contribution in [0.15, 0.2) is 54.6 Å². The van der Waals surface area contributed by atoms with Gasteiger partial charge < -0.3 is 10.2 Å². The van der Waals surface area contributed by atoms with Crippen molar-refractivity contribution >= 4 is 27.3 Å². The van der Waals surface area contributed by atoms with Crippen LogP contribution in [0.5, 0.6) is 0 Å². The summed E-state index contributed by atoms with van der Waals surface area (Å²) in [5, 5.41) is 3.13. The molecule has 25 heavy (non-hydrogen) atoms. The number of carbonyl (C=O) groups is 1. The highest BCUT2D eigenvalue weighted by molar-refractivity contribution is 7.92. The molecule has 2 N–H and O–H groups in total. The van der Waals surface area contributed by atoms with Crippen LogP contribution < -0.4 is 10.0 Å². The molecule has 6 nitrogen and oxygen atoms in total. The van der Waals surface area contributed by atoms with E-state index < -0.39 is 16.1 Å². The van der Waals surface area contributed by atoms with Gasteiger partial charge in [0.15, 0.2) is 0 Å². The smallest absolute Gasteiger partial charge is 0.244 e. The summed E-state index contributed by atoms with van der Waals surface area (Å²) in [5.74, 6) is -0.0257. The van der Waals surface area contributed by atoms with Crippen molar-refractivity contribution in [2.45, 2.75) is 19.5 Å². The molecule has 1 amide bonds. The van der Waals surface area contributed by atoms with Crippen molar-refractivity contribution in [3.8, 4) is 0 Å². The maximum absolute atomic E-state index is 12.5. The Morgan fingerprint density at radius 2 is 1.60 bits per heavy atom. The molecule has 2 aromatic rings. The number of hydrogen-bond acceptors (Lipinski definition) is 4. The summed E-state index contributed by atoms with van der Waals surface area (Å²) in [5.41, 5.74) is 2.29. The molecule has 0 spiro atoms. The Labute approximate surface area is 148 Å². The lowest BCUT2D eigenvalue weighted by Gasteiger charge is -2.23. The Morgan fingerprint density at radius 3 is 2.16 bits per heavy atom. The van der Waals surface area contributed by atoms with Gasteiger partial charge in [0.1, 0.15) is 6.04 Å². The number of nitrogens with zero attached hydrogens (tertiary/aromatic N) is 1.